The molecule has 11 heteroatoms. The van der Waals surface area contributed by atoms with E-state index in [-0.39, 0.29) is 15.5 Å². The molecular weight excluding hydrogens is 364 g/mol. The molecule has 0 fully saturated rings. The van der Waals surface area contributed by atoms with Crippen molar-refractivity contribution in [2.24, 2.45) is 17.2 Å². The van der Waals surface area contributed by atoms with E-state index in [2.05, 4.69) is 0 Å². The van der Waals surface area contributed by atoms with Gasteiger partial charge in [-0.2, -0.15) is 23.5 Å². The molecule has 0 aliphatic carbocycles. The van der Waals surface area contributed by atoms with Crippen LogP contribution in [0.25, 0.3) is 0 Å². The molecule has 0 spiro atoms. The van der Waals surface area contributed by atoms with E-state index in [0.29, 0.717) is 5.25 Å². The van der Waals surface area contributed by atoms with Gasteiger partial charge in [0, 0.05) is 39.8 Å². The number of hydrogen-bond donors (Lipinski definition) is 6. The maximum atomic E-state index is 7.28. The van der Waals surface area contributed by atoms with Gasteiger partial charge in [-0.1, -0.05) is 35.3 Å². The quantitative estimate of drug-likeness (QED) is 0.178. The van der Waals surface area contributed by atoms with Crippen molar-refractivity contribution in [3.8, 4) is 0 Å². The molecule has 122 valence electrons. The van der Waals surface area contributed by atoms with Gasteiger partial charge in [0.15, 0.2) is 15.5 Å². The zero-order chi connectivity index (χ0) is 16.1. The first-order chi connectivity index (χ1) is 9.91. The first kappa shape index (κ1) is 21.2. The number of nitrogens with two attached hydrogens (primary N) is 3. The van der Waals surface area contributed by atoms with Gasteiger partial charge in [-0.25, -0.2) is 0 Å². The zero-order valence-corrected chi connectivity index (χ0v) is 15.7. The lowest BCUT2D eigenvalue weighted by atomic mass is 10.5. The Morgan fingerprint density at radius 1 is 0.714 bits per heavy atom. The highest BCUT2D eigenvalue weighted by Crippen LogP contribution is 2.22. The molecule has 1 unspecified atom stereocenters. The van der Waals surface area contributed by atoms with Gasteiger partial charge in [0.2, 0.25) is 0 Å². The van der Waals surface area contributed by atoms with Crippen LogP contribution in [-0.2, 0) is 0 Å². The van der Waals surface area contributed by atoms with Crippen LogP contribution in [0.4, 0.5) is 0 Å². The van der Waals surface area contributed by atoms with Crippen molar-refractivity contribution in [1.82, 2.24) is 0 Å². The van der Waals surface area contributed by atoms with Crippen molar-refractivity contribution >= 4 is 74.3 Å². The Morgan fingerprint density at radius 2 is 1.24 bits per heavy atom. The van der Waals surface area contributed by atoms with Gasteiger partial charge in [-0.3, -0.25) is 16.2 Å². The van der Waals surface area contributed by atoms with Crippen molar-refractivity contribution in [3.63, 3.8) is 0 Å². The summed E-state index contributed by atoms with van der Waals surface area (Å²) in [6, 6.07) is 0. The third-order valence-corrected chi connectivity index (χ3v) is 7.54. The molecule has 0 amide bonds. The smallest absolute Gasteiger partial charge is 0.151 e. The number of nitrogens with one attached hydrogen (secondary N) is 3. The van der Waals surface area contributed by atoms with Gasteiger partial charge in [0.05, 0.1) is 0 Å². The van der Waals surface area contributed by atoms with Crippen LogP contribution < -0.4 is 17.2 Å². The predicted molar refractivity (Wildman–Crippen MR) is 107 cm³/mol. The Balaban J connectivity index is 3.87. The summed E-state index contributed by atoms with van der Waals surface area (Å²) in [4.78, 5) is 0. The normalized spacial score (nSPS) is 12.0. The highest BCUT2D eigenvalue weighted by Gasteiger charge is 2.11. The molecule has 0 bridgehead atoms. The fourth-order valence-corrected chi connectivity index (χ4v) is 5.86. The Bertz CT molecular complexity index is 340. The average molecular weight is 387 g/mol. The summed E-state index contributed by atoms with van der Waals surface area (Å²) in [6.07, 6.45) is 0. The fraction of sp³-hybridized carbons (Fsp3) is 0.700. The number of thioether (sulfide) groups is 5. The third kappa shape index (κ3) is 16.4. The largest absolute Gasteiger partial charge is 0.379 e. The van der Waals surface area contributed by atoms with Gasteiger partial charge in [0.1, 0.15) is 0 Å². The SMILES string of the molecule is N=C(N)SCCSCC(CSC(=N)N)SCCSC(=N)N. The van der Waals surface area contributed by atoms with Crippen LogP contribution in [0.5, 0.6) is 0 Å². The summed E-state index contributed by atoms with van der Waals surface area (Å²) < 4.78 is 0. The van der Waals surface area contributed by atoms with Gasteiger partial charge in [-0.15, -0.1) is 0 Å². The molecule has 0 rings (SSSR count). The third-order valence-electron chi connectivity index (χ3n) is 1.91. The molecule has 0 aliphatic heterocycles. The van der Waals surface area contributed by atoms with Crippen molar-refractivity contribution in [2.45, 2.75) is 5.25 Å². The van der Waals surface area contributed by atoms with Crippen LogP contribution in [0.3, 0.4) is 0 Å². The minimum absolute atomic E-state index is 0.149. The van der Waals surface area contributed by atoms with Crippen LogP contribution >= 0.6 is 58.8 Å². The van der Waals surface area contributed by atoms with Crippen molar-refractivity contribution < 1.29 is 0 Å². The lowest BCUT2D eigenvalue weighted by Gasteiger charge is -2.15. The van der Waals surface area contributed by atoms with E-state index < -0.39 is 0 Å². The van der Waals surface area contributed by atoms with E-state index in [1.54, 1.807) is 0 Å². The maximum absolute atomic E-state index is 7.28. The first-order valence-corrected chi connectivity index (χ1v) is 11.2. The molecular formula is C10H22N6S5. The minimum atomic E-state index is 0.149. The lowest BCUT2D eigenvalue weighted by Crippen LogP contribution is -2.16. The molecule has 0 aliphatic rings. The minimum Gasteiger partial charge on any atom is -0.379 e. The molecule has 9 N–H and O–H groups in total. The Kier molecular flexibility index (Phi) is 13.9. The summed E-state index contributed by atoms with van der Waals surface area (Å²) in [5.41, 5.74) is 16.0. The maximum Gasteiger partial charge on any atom is 0.151 e. The van der Waals surface area contributed by atoms with E-state index in [9.17, 15) is 0 Å². The van der Waals surface area contributed by atoms with Gasteiger partial charge in [-0.05, 0) is 0 Å². The summed E-state index contributed by atoms with van der Waals surface area (Å²) in [5.74, 6) is 5.35. The number of hydrogen-bond acceptors (Lipinski definition) is 8. The van der Waals surface area contributed by atoms with Crippen molar-refractivity contribution in [1.29, 1.82) is 16.2 Å². The highest BCUT2D eigenvalue weighted by molar-refractivity contribution is 8.16. The van der Waals surface area contributed by atoms with Crippen molar-refractivity contribution in [2.75, 3.05) is 34.5 Å². The Hall–Kier alpha value is 0.160. The van der Waals surface area contributed by atoms with Crippen LogP contribution in [0.2, 0.25) is 0 Å². The number of amidine groups is 3. The highest BCUT2D eigenvalue weighted by atomic mass is 32.2. The summed E-state index contributed by atoms with van der Waals surface area (Å²) >= 11 is 7.73. The summed E-state index contributed by atoms with van der Waals surface area (Å²) in [6.45, 7) is 0. The fourth-order valence-electron chi connectivity index (χ4n) is 1.12. The van der Waals surface area contributed by atoms with Crippen LogP contribution in [0, 0.1) is 16.2 Å². The molecule has 1 atom stereocenters. The Morgan fingerprint density at radius 3 is 1.76 bits per heavy atom. The van der Waals surface area contributed by atoms with E-state index in [4.69, 9.17) is 33.4 Å². The zero-order valence-electron chi connectivity index (χ0n) is 11.6. The predicted octanol–water partition coefficient (Wildman–Crippen LogP) is 1.70. The average Bonchev–Trinajstić information content (AvgIpc) is 2.38. The first-order valence-electron chi connectivity index (χ1n) is 6.01. The molecule has 0 saturated carbocycles. The molecule has 6 nitrogen and oxygen atoms in total. The molecule has 0 aromatic rings. The van der Waals surface area contributed by atoms with Gasteiger partial charge >= 0.3 is 0 Å². The second-order valence-corrected chi connectivity index (χ2v) is 9.56. The molecule has 0 saturated heterocycles. The molecule has 0 aromatic heterocycles. The second kappa shape index (κ2) is 13.8. The molecule has 0 aromatic carbocycles. The molecule has 0 radical (unpaired) electrons. The summed E-state index contributed by atoms with van der Waals surface area (Å²) in [7, 11) is 0. The van der Waals surface area contributed by atoms with E-state index >= 15 is 0 Å². The van der Waals surface area contributed by atoms with Gasteiger partial charge in [0.25, 0.3) is 0 Å². The number of rotatable bonds is 11. The van der Waals surface area contributed by atoms with Crippen LogP contribution in [-0.4, -0.2) is 55.3 Å². The van der Waals surface area contributed by atoms with Crippen molar-refractivity contribution in [3.05, 3.63) is 0 Å². The standard InChI is InChI=1S/C10H22N6S5/c11-8(12)19-2-1-17-5-7(6-21-10(15)16)18-3-4-20-9(13)14/h7H,1-6H2,(H3,11,12)(H3,13,14)(H3,15,16). The van der Waals surface area contributed by atoms with E-state index in [0.717, 1.165) is 34.5 Å². The summed E-state index contributed by atoms with van der Waals surface area (Å²) in [5, 5.41) is 22.5. The second-order valence-electron chi connectivity index (χ2n) is 3.67. The lowest BCUT2D eigenvalue weighted by molar-refractivity contribution is 1.15. The van der Waals surface area contributed by atoms with Crippen LogP contribution in [0.1, 0.15) is 0 Å². The molecule has 21 heavy (non-hydrogen) atoms. The van der Waals surface area contributed by atoms with E-state index in [1.165, 1.54) is 35.3 Å². The monoisotopic (exact) mass is 386 g/mol. The van der Waals surface area contributed by atoms with E-state index in [1.807, 2.05) is 23.5 Å². The Labute approximate surface area is 147 Å². The van der Waals surface area contributed by atoms with Crippen LogP contribution in [0.15, 0.2) is 0 Å². The topological polar surface area (TPSA) is 150 Å². The molecule has 0 heterocycles. The van der Waals surface area contributed by atoms with Gasteiger partial charge < -0.3 is 17.2 Å².